The molecule has 0 saturated carbocycles. The molecule has 8 nitrogen and oxygen atoms in total. The second kappa shape index (κ2) is 7.81. The van der Waals surface area contributed by atoms with E-state index < -0.39 is 11.8 Å². The van der Waals surface area contributed by atoms with Gasteiger partial charge in [0.2, 0.25) is 0 Å². The van der Waals surface area contributed by atoms with Crippen LogP contribution in [0.15, 0.2) is 72.9 Å². The van der Waals surface area contributed by atoms with Crippen LogP contribution in [0.3, 0.4) is 0 Å². The Bertz CT molecular complexity index is 1150. The fourth-order valence-electron chi connectivity index (χ4n) is 2.84. The number of hydrogen-bond donors (Lipinski definition) is 3. The molecule has 2 aromatic carbocycles. The van der Waals surface area contributed by atoms with E-state index >= 15 is 0 Å². The summed E-state index contributed by atoms with van der Waals surface area (Å²) in [5.41, 5.74) is 8.20. The Morgan fingerprint density at radius 2 is 1.59 bits per heavy atom. The standard InChI is InChI=1S/C21H18N6O2/c1-14-12-18(23-22-14)21(29)25-24-20(28)17-13-27(16-10-6-3-7-11-16)26-19(17)15-8-4-2-5-9-15/h2-13H,1H3,(H,22,23)(H,24,28)(H,25,29). The van der Waals surface area contributed by atoms with Crippen LogP contribution in [0.2, 0.25) is 0 Å². The van der Waals surface area contributed by atoms with Crippen molar-refractivity contribution in [3.05, 3.63) is 89.9 Å². The van der Waals surface area contributed by atoms with Crippen LogP contribution < -0.4 is 10.9 Å². The molecular formula is C21H18N6O2. The predicted octanol–water partition coefficient (Wildman–Crippen LogP) is 2.65. The maximum absolute atomic E-state index is 12.8. The predicted molar refractivity (Wildman–Crippen MR) is 107 cm³/mol. The van der Waals surface area contributed by atoms with Crippen LogP contribution in [0.5, 0.6) is 0 Å². The van der Waals surface area contributed by atoms with Crippen LogP contribution in [-0.4, -0.2) is 31.8 Å². The van der Waals surface area contributed by atoms with Gasteiger partial charge in [0.1, 0.15) is 5.69 Å². The van der Waals surface area contributed by atoms with E-state index in [2.05, 4.69) is 26.1 Å². The number of rotatable bonds is 4. The number of hydrazine groups is 1. The largest absolute Gasteiger partial charge is 0.290 e. The summed E-state index contributed by atoms with van der Waals surface area (Å²) in [4.78, 5) is 25.0. The van der Waals surface area contributed by atoms with Crippen LogP contribution >= 0.6 is 0 Å². The molecule has 29 heavy (non-hydrogen) atoms. The molecule has 2 amide bonds. The summed E-state index contributed by atoms with van der Waals surface area (Å²) >= 11 is 0. The number of carbonyl (C=O) groups is 2. The molecule has 3 N–H and O–H groups in total. The average molecular weight is 386 g/mol. The summed E-state index contributed by atoms with van der Waals surface area (Å²) < 4.78 is 1.64. The third-order valence-corrected chi connectivity index (χ3v) is 4.25. The summed E-state index contributed by atoms with van der Waals surface area (Å²) in [5, 5.41) is 11.1. The molecule has 0 atom stereocenters. The van der Waals surface area contributed by atoms with E-state index in [1.165, 1.54) is 0 Å². The molecule has 0 saturated heterocycles. The third-order valence-electron chi connectivity index (χ3n) is 4.25. The molecule has 0 bridgehead atoms. The van der Waals surface area contributed by atoms with Crippen LogP contribution in [0.4, 0.5) is 0 Å². The number of hydrogen-bond acceptors (Lipinski definition) is 4. The monoisotopic (exact) mass is 386 g/mol. The zero-order valence-corrected chi connectivity index (χ0v) is 15.6. The van der Waals surface area contributed by atoms with E-state index in [-0.39, 0.29) is 5.69 Å². The van der Waals surface area contributed by atoms with Gasteiger partial charge in [-0.2, -0.15) is 10.2 Å². The van der Waals surface area contributed by atoms with Crippen LogP contribution in [0, 0.1) is 6.92 Å². The number of nitrogens with zero attached hydrogens (tertiary/aromatic N) is 3. The minimum absolute atomic E-state index is 0.186. The number of aromatic amines is 1. The van der Waals surface area contributed by atoms with Gasteiger partial charge in [0.05, 0.1) is 11.3 Å². The number of aromatic nitrogens is 4. The molecule has 144 valence electrons. The first-order valence-corrected chi connectivity index (χ1v) is 8.95. The van der Waals surface area contributed by atoms with E-state index in [1.54, 1.807) is 23.9 Å². The van der Waals surface area contributed by atoms with Gasteiger partial charge in [0.25, 0.3) is 11.8 Å². The van der Waals surface area contributed by atoms with Gasteiger partial charge >= 0.3 is 0 Å². The topological polar surface area (TPSA) is 105 Å². The second-order valence-corrected chi connectivity index (χ2v) is 6.38. The molecular weight excluding hydrogens is 368 g/mol. The van der Waals surface area contributed by atoms with E-state index in [9.17, 15) is 9.59 Å². The highest BCUT2D eigenvalue weighted by Gasteiger charge is 2.19. The quantitative estimate of drug-likeness (QED) is 0.469. The minimum Gasteiger partial charge on any atom is -0.282 e. The summed E-state index contributed by atoms with van der Waals surface area (Å²) in [5.74, 6) is -0.994. The number of amides is 2. The molecule has 2 heterocycles. The van der Waals surface area contributed by atoms with Crippen molar-refractivity contribution in [1.29, 1.82) is 0 Å². The summed E-state index contributed by atoms with van der Waals surface area (Å²) in [7, 11) is 0. The van der Waals surface area contributed by atoms with Gasteiger partial charge in [-0.15, -0.1) is 0 Å². The fraction of sp³-hybridized carbons (Fsp3) is 0.0476. The highest BCUT2D eigenvalue weighted by atomic mass is 16.2. The average Bonchev–Trinajstić information content (AvgIpc) is 3.40. The Morgan fingerprint density at radius 3 is 2.24 bits per heavy atom. The van der Waals surface area contributed by atoms with Crippen LogP contribution in [-0.2, 0) is 0 Å². The molecule has 2 aromatic heterocycles. The highest BCUT2D eigenvalue weighted by molar-refractivity contribution is 6.02. The molecule has 0 aliphatic carbocycles. The maximum Gasteiger partial charge on any atom is 0.290 e. The Balaban J connectivity index is 1.62. The Morgan fingerprint density at radius 1 is 0.931 bits per heavy atom. The van der Waals surface area contributed by atoms with E-state index in [0.29, 0.717) is 11.3 Å². The van der Waals surface area contributed by atoms with E-state index in [1.807, 2.05) is 60.7 Å². The number of nitrogens with one attached hydrogen (secondary N) is 3. The first kappa shape index (κ1) is 18.2. The van der Waals surface area contributed by atoms with Gasteiger partial charge < -0.3 is 0 Å². The molecule has 0 fully saturated rings. The summed E-state index contributed by atoms with van der Waals surface area (Å²) in [6.07, 6.45) is 1.64. The summed E-state index contributed by atoms with van der Waals surface area (Å²) in [6.45, 7) is 1.78. The number of aryl methyl sites for hydroxylation is 1. The Kier molecular flexibility index (Phi) is 4.90. The lowest BCUT2D eigenvalue weighted by Gasteiger charge is -2.06. The summed E-state index contributed by atoms with van der Waals surface area (Å²) in [6, 6.07) is 20.5. The van der Waals surface area contributed by atoms with Crippen molar-refractivity contribution >= 4 is 11.8 Å². The molecule has 0 unspecified atom stereocenters. The molecule has 0 spiro atoms. The van der Waals surface area contributed by atoms with Gasteiger partial charge in [0.15, 0.2) is 5.69 Å². The van der Waals surface area contributed by atoms with E-state index in [0.717, 1.165) is 16.9 Å². The first-order chi connectivity index (χ1) is 14.1. The maximum atomic E-state index is 12.8. The minimum atomic E-state index is -0.514. The van der Waals surface area contributed by atoms with Crippen molar-refractivity contribution in [1.82, 2.24) is 30.8 Å². The lowest BCUT2D eigenvalue weighted by atomic mass is 10.1. The van der Waals surface area contributed by atoms with Crippen molar-refractivity contribution in [3.63, 3.8) is 0 Å². The molecule has 0 aliphatic heterocycles. The van der Waals surface area contributed by atoms with E-state index in [4.69, 9.17) is 0 Å². The lowest BCUT2D eigenvalue weighted by Crippen LogP contribution is -2.41. The third kappa shape index (κ3) is 3.91. The van der Waals surface area contributed by atoms with Crippen molar-refractivity contribution in [2.75, 3.05) is 0 Å². The van der Waals surface area contributed by atoms with Gasteiger partial charge in [-0.3, -0.25) is 25.5 Å². The van der Waals surface area contributed by atoms with Crippen LogP contribution in [0.25, 0.3) is 16.9 Å². The first-order valence-electron chi connectivity index (χ1n) is 8.95. The van der Waals surface area contributed by atoms with Crippen molar-refractivity contribution in [2.24, 2.45) is 0 Å². The van der Waals surface area contributed by atoms with Gasteiger partial charge in [-0.1, -0.05) is 48.5 Å². The molecule has 4 rings (SSSR count). The van der Waals surface area contributed by atoms with Gasteiger partial charge in [0, 0.05) is 17.5 Å². The Labute approximate surface area is 166 Å². The van der Waals surface area contributed by atoms with Crippen molar-refractivity contribution in [2.45, 2.75) is 6.92 Å². The van der Waals surface area contributed by atoms with Crippen LogP contribution in [0.1, 0.15) is 26.5 Å². The normalized spacial score (nSPS) is 10.5. The number of H-pyrrole nitrogens is 1. The second-order valence-electron chi connectivity index (χ2n) is 6.38. The number of carbonyl (C=O) groups excluding carboxylic acids is 2. The lowest BCUT2D eigenvalue weighted by molar-refractivity contribution is 0.0844. The van der Waals surface area contributed by atoms with Gasteiger partial charge in [-0.25, -0.2) is 4.68 Å². The Hall–Kier alpha value is -4.20. The molecule has 0 aliphatic rings. The van der Waals surface area contributed by atoms with Gasteiger partial charge in [-0.05, 0) is 25.1 Å². The highest BCUT2D eigenvalue weighted by Crippen LogP contribution is 2.23. The zero-order chi connectivity index (χ0) is 20.2. The number of para-hydroxylation sites is 1. The molecule has 8 heteroatoms. The fourth-order valence-corrected chi connectivity index (χ4v) is 2.84. The molecule has 0 radical (unpaired) electrons. The zero-order valence-electron chi connectivity index (χ0n) is 15.6. The smallest absolute Gasteiger partial charge is 0.282 e. The van der Waals surface area contributed by atoms with Crippen molar-refractivity contribution < 1.29 is 9.59 Å². The SMILES string of the molecule is Cc1cc(C(=O)NNC(=O)c2cn(-c3ccccc3)nc2-c2ccccc2)n[nH]1. The van der Waals surface area contributed by atoms with Crippen molar-refractivity contribution in [3.8, 4) is 16.9 Å². The number of benzene rings is 2. The molecule has 4 aromatic rings.